The summed E-state index contributed by atoms with van der Waals surface area (Å²) in [5, 5.41) is 2.31. The van der Waals surface area contributed by atoms with Gasteiger partial charge >= 0.3 is 0 Å². The normalized spacial score (nSPS) is 36.0. The van der Waals surface area contributed by atoms with Gasteiger partial charge in [-0.1, -0.05) is 0 Å². The van der Waals surface area contributed by atoms with Crippen LogP contribution in [0.1, 0.15) is 27.2 Å². The Labute approximate surface area is 87.4 Å². The van der Waals surface area contributed by atoms with Crippen LogP contribution in [-0.2, 0) is 0 Å². The number of hydrazine groups is 1. The second-order valence-electron chi connectivity index (χ2n) is 5.71. The highest BCUT2D eigenvalue weighted by atomic mass is 15.5. The number of rotatable bonds is 0. The number of hydrogen-bond acceptors (Lipinski definition) is 3. The Hall–Kier alpha value is -0.120. The SMILES string of the molecule is CN1NCC2CCN(C(C)(C)C)CC21. The summed E-state index contributed by atoms with van der Waals surface area (Å²) in [4.78, 5) is 2.61. The molecule has 2 unspecified atom stereocenters. The minimum absolute atomic E-state index is 0.328. The van der Waals surface area contributed by atoms with E-state index in [4.69, 9.17) is 0 Å². The number of piperidine rings is 1. The van der Waals surface area contributed by atoms with Crippen LogP contribution in [0.2, 0.25) is 0 Å². The van der Waals surface area contributed by atoms with E-state index >= 15 is 0 Å². The minimum Gasteiger partial charge on any atom is -0.297 e. The van der Waals surface area contributed by atoms with E-state index in [1.165, 1.54) is 26.1 Å². The first kappa shape index (κ1) is 10.4. The molecule has 2 aliphatic rings. The third kappa shape index (κ3) is 1.81. The van der Waals surface area contributed by atoms with Gasteiger partial charge in [0.1, 0.15) is 0 Å². The lowest BCUT2D eigenvalue weighted by Crippen LogP contribution is -2.54. The van der Waals surface area contributed by atoms with Crippen molar-refractivity contribution in [2.24, 2.45) is 5.92 Å². The van der Waals surface area contributed by atoms with Crippen LogP contribution in [0, 0.1) is 5.92 Å². The number of nitrogens with zero attached hydrogens (tertiary/aromatic N) is 2. The van der Waals surface area contributed by atoms with Gasteiger partial charge in [0.05, 0.1) is 0 Å². The Morgan fingerprint density at radius 3 is 2.64 bits per heavy atom. The van der Waals surface area contributed by atoms with Gasteiger partial charge in [0.15, 0.2) is 0 Å². The van der Waals surface area contributed by atoms with Crippen molar-refractivity contribution in [3.63, 3.8) is 0 Å². The number of likely N-dealkylation sites (N-methyl/N-ethyl adjacent to an activating group) is 1. The van der Waals surface area contributed by atoms with Crippen LogP contribution in [0.4, 0.5) is 0 Å². The van der Waals surface area contributed by atoms with E-state index in [1.807, 2.05) is 0 Å². The van der Waals surface area contributed by atoms with E-state index in [2.05, 4.69) is 43.2 Å². The fraction of sp³-hybridized carbons (Fsp3) is 1.00. The molecule has 0 radical (unpaired) electrons. The van der Waals surface area contributed by atoms with Gasteiger partial charge in [-0.3, -0.25) is 10.3 Å². The summed E-state index contributed by atoms with van der Waals surface area (Å²) in [6.07, 6.45) is 1.35. The Kier molecular flexibility index (Phi) is 2.58. The molecule has 2 fully saturated rings. The van der Waals surface area contributed by atoms with Crippen LogP contribution in [0.25, 0.3) is 0 Å². The predicted octanol–water partition coefficient (Wildman–Crippen LogP) is 0.925. The molecule has 0 aliphatic carbocycles. The van der Waals surface area contributed by atoms with E-state index in [0.717, 1.165) is 12.0 Å². The van der Waals surface area contributed by atoms with E-state index in [9.17, 15) is 0 Å². The summed E-state index contributed by atoms with van der Waals surface area (Å²) in [5.74, 6) is 0.874. The Bertz CT molecular complexity index is 209. The van der Waals surface area contributed by atoms with Gasteiger partial charge in [-0.15, -0.1) is 0 Å². The van der Waals surface area contributed by atoms with Gasteiger partial charge in [-0.05, 0) is 39.7 Å². The van der Waals surface area contributed by atoms with Gasteiger partial charge in [-0.25, -0.2) is 5.01 Å². The molecule has 2 saturated heterocycles. The lowest BCUT2D eigenvalue weighted by Gasteiger charge is -2.43. The standard InChI is InChI=1S/C11H23N3/c1-11(2,3)14-6-5-9-7-12-13(4)10(9)8-14/h9-10,12H,5-8H2,1-4H3. The molecule has 2 rings (SSSR count). The molecule has 0 aromatic rings. The fourth-order valence-corrected chi connectivity index (χ4v) is 2.64. The second-order valence-corrected chi connectivity index (χ2v) is 5.71. The Morgan fingerprint density at radius 1 is 1.29 bits per heavy atom. The molecule has 0 saturated carbocycles. The number of likely N-dealkylation sites (tertiary alicyclic amines) is 1. The van der Waals surface area contributed by atoms with Gasteiger partial charge in [0, 0.05) is 31.7 Å². The predicted molar refractivity (Wildman–Crippen MR) is 59.0 cm³/mol. The third-order valence-corrected chi connectivity index (χ3v) is 3.77. The zero-order valence-corrected chi connectivity index (χ0v) is 9.88. The third-order valence-electron chi connectivity index (χ3n) is 3.77. The summed E-state index contributed by atoms with van der Waals surface area (Å²) in [7, 11) is 2.18. The second kappa shape index (κ2) is 3.47. The van der Waals surface area contributed by atoms with Crippen LogP contribution in [0.15, 0.2) is 0 Å². The molecule has 14 heavy (non-hydrogen) atoms. The molecule has 0 amide bonds. The van der Waals surface area contributed by atoms with E-state index < -0.39 is 0 Å². The first-order valence-electron chi connectivity index (χ1n) is 5.70. The van der Waals surface area contributed by atoms with Crippen LogP contribution >= 0.6 is 0 Å². The number of hydrogen-bond donors (Lipinski definition) is 1. The summed E-state index contributed by atoms with van der Waals surface area (Å²) in [6, 6.07) is 0.725. The molecule has 0 aromatic carbocycles. The highest BCUT2D eigenvalue weighted by molar-refractivity contribution is 4.93. The van der Waals surface area contributed by atoms with E-state index in [0.29, 0.717) is 5.54 Å². The van der Waals surface area contributed by atoms with Gasteiger partial charge in [-0.2, -0.15) is 0 Å². The summed E-state index contributed by atoms with van der Waals surface area (Å²) in [6.45, 7) is 10.6. The fourth-order valence-electron chi connectivity index (χ4n) is 2.64. The molecule has 0 spiro atoms. The Morgan fingerprint density at radius 2 is 2.00 bits per heavy atom. The number of nitrogens with one attached hydrogen (secondary N) is 1. The van der Waals surface area contributed by atoms with E-state index in [1.54, 1.807) is 0 Å². The maximum atomic E-state index is 3.44. The first-order valence-corrected chi connectivity index (χ1v) is 5.70. The molecule has 0 aromatic heterocycles. The summed E-state index contributed by atoms with van der Waals surface area (Å²) >= 11 is 0. The van der Waals surface area contributed by atoms with Crippen molar-refractivity contribution >= 4 is 0 Å². The molecular weight excluding hydrogens is 174 g/mol. The van der Waals surface area contributed by atoms with Crippen molar-refractivity contribution in [2.45, 2.75) is 38.8 Å². The van der Waals surface area contributed by atoms with Crippen molar-refractivity contribution < 1.29 is 0 Å². The molecule has 2 atom stereocenters. The highest BCUT2D eigenvalue weighted by Gasteiger charge is 2.39. The van der Waals surface area contributed by atoms with Crippen molar-refractivity contribution in [3.05, 3.63) is 0 Å². The molecule has 1 N–H and O–H groups in total. The average molecular weight is 197 g/mol. The summed E-state index contributed by atoms with van der Waals surface area (Å²) < 4.78 is 0. The average Bonchev–Trinajstić information content (AvgIpc) is 2.46. The lowest BCUT2D eigenvalue weighted by molar-refractivity contribution is 0.0455. The molecule has 0 bridgehead atoms. The molecular formula is C11H23N3. The molecule has 3 nitrogen and oxygen atoms in total. The first-order chi connectivity index (χ1) is 6.48. The van der Waals surface area contributed by atoms with Crippen molar-refractivity contribution in [1.29, 1.82) is 0 Å². The largest absolute Gasteiger partial charge is 0.297 e. The Balaban J connectivity index is 2.02. The molecule has 3 heteroatoms. The van der Waals surface area contributed by atoms with Crippen LogP contribution in [0.5, 0.6) is 0 Å². The zero-order valence-electron chi connectivity index (χ0n) is 9.88. The topological polar surface area (TPSA) is 18.5 Å². The van der Waals surface area contributed by atoms with Crippen molar-refractivity contribution in [3.8, 4) is 0 Å². The van der Waals surface area contributed by atoms with Crippen LogP contribution in [-0.4, -0.2) is 48.2 Å². The molecule has 82 valence electrons. The van der Waals surface area contributed by atoms with Crippen molar-refractivity contribution in [1.82, 2.24) is 15.3 Å². The quantitative estimate of drug-likeness (QED) is 0.623. The van der Waals surface area contributed by atoms with Gasteiger partial charge in [0.2, 0.25) is 0 Å². The smallest absolute Gasteiger partial charge is 0.0409 e. The zero-order chi connectivity index (χ0) is 10.3. The monoisotopic (exact) mass is 197 g/mol. The summed E-state index contributed by atoms with van der Waals surface area (Å²) in [5.41, 5.74) is 3.77. The van der Waals surface area contributed by atoms with Crippen LogP contribution in [0.3, 0.4) is 0 Å². The maximum absolute atomic E-state index is 3.44. The maximum Gasteiger partial charge on any atom is 0.0409 e. The lowest BCUT2D eigenvalue weighted by atomic mass is 9.90. The van der Waals surface area contributed by atoms with Gasteiger partial charge < -0.3 is 0 Å². The minimum atomic E-state index is 0.328. The van der Waals surface area contributed by atoms with Crippen LogP contribution < -0.4 is 5.43 Å². The molecule has 2 aliphatic heterocycles. The highest BCUT2D eigenvalue weighted by Crippen LogP contribution is 2.28. The van der Waals surface area contributed by atoms with Gasteiger partial charge in [0.25, 0.3) is 0 Å². The van der Waals surface area contributed by atoms with E-state index in [-0.39, 0.29) is 0 Å². The van der Waals surface area contributed by atoms with Crippen molar-refractivity contribution in [2.75, 3.05) is 26.7 Å². The molecule has 2 heterocycles. The number of fused-ring (bicyclic) bond motifs is 1.